The van der Waals surface area contributed by atoms with Gasteiger partial charge in [0.25, 0.3) is 0 Å². The van der Waals surface area contributed by atoms with Crippen molar-refractivity contribution in [3.63, 3.8) is 0 Å². The summed E-state index contributed by atoms with van der Waals surface area (Å²) in [5, 5.41) is 15.3. The molecule has 0 saturated heterocycles. The molecule has 5 nitrogen and oxygen atoms in total. The molecule has 2 aliphatic carbocycles. The monoisotopic (exact) mass is 295 g/mol. The van der Waals surface area contributed by atoms with Gasteiger partial charge in [-0.25, -0.2) is 0 Å². The minimum atomic E-state index is -0.791. The Balaban J connectivity index is 1.93. The number of amidine groups is 1. The van der Waals surface area contributed by atoms with Crippen LogP contribution in [0.3, 0.4) is 0 Å². The van der Waals surface area contributed by atoms with Gasteiger partial charge in [-0.15, -0.1) is 0 Å². The zero-order chi connectivity index (χ0) is 15.1. The Labute approximate surface area is 127 Å². The Morgan fingerprint density at radius 2 is 1.76 bits per heavy atom. The van der Waals surface area contributed by atoms with Crippen LogP contribution in [0.5, 0.6) is 0 Å². The third-order valence-corrected chi connectivity index (χ3v) is 5.30. The Kier molecular flexibility index (Phi) is 5.88. The van der Waals surface area contributed by atoms with E-state index in [0.717, 1.165) is 38.0 Å². The average Bonchev–Trinajstić information content (AvgIpc) is 2.88. The van der Waals surface area contributed by atoms with E-state index in [4.69, 9.17) is 10.9 Å². The molecule has 0 heterocycles. The van der Waals surface area contributed by atoms with Crippen LogP contribution in [-0.2, 0) is 4.79 Å². The van der Waals surface area contributed by atoms with Crippen LogP contribution in [0, 0.1) is 11.3 Å². The minimum Gasteiger partial charge on any atom is -0.409 e. The lowest BCUT2D eigenvalue weighted by Gasteiger charge is -2.30. The van der Waals surface area contributed by atoms with E-state index in [-0.39, 0.29) is 11.7 Å². The van der Waals surface area contributed by atoms with Crippen LogP contribution >= 0.6 is 0 Å². The number of carbonyl (C=O) groups is 1. The average molecular weight is 295 g/mol. The summed E-state index contributed by atoms with van der Waals surface area (Å²) in [7, 11) is 0. The molecule has 2 saturated carbocycles. The number of hydrogen-bond donors (Lipinski definition) is 3. The highest BCUT2D eigenvalue weighted by atomic mass is 16.4. The normalized spacial score (nSPS) is 23.7. The molecule has 0 spiro atoms. The maximum Gasteiger partial charge on any atom is 0.233 e. The lowest BCUT2D eigenvalue weighted by Crippen LogP contribution is -2.50. The van der Waals surface area contributed by atoms with Crippen LogP contribution in [0.4, 0.5) is 0 Å². The quantitative estimate of drug-likeness (QED) is 0.239. The second-order valence-corrected chi connectivity index (χ2v) is 6.68. The van der Waals surface area contributed by atoms with Gasteiger partial charge in [-0.1, -0.05) is 56.5 Å². The summed E-state index contributed by atoms with van der Waals surface area (Å²) < 4.78 is 0. The molecular weight excluding hydrogens is 266 g/mol. The van der Waals surface area contributed by atoms with Gasteiger partial charge in [-0.05, 0) is 25.2 Å². The summed E-state index contributed by atoms with van der Waals surface area (Å²) in [5.41, 5.74) is 5.10. The highest BCUT2D eigenvalue weighted by Gasteiger charge is 2.42. The predicted molar refractivity (Wildman–Crippen MR) is 83.1 cm³/mol. The summed E-state index contributed by atoms with van der Waals surface area (Å²) >= 11 is 0. The summed E-state index contributed by atoms with van der Waals surface area (Å²) in [5.74, 6) is 0.805. The van der Waals surface area contributed by atoms with Gasteiger partial charge >= 0.3 is 0 Å². The molecule has 1 amide bonds. The molecule has 0 aromatic carbocycles. The van der Waals surface area contributed by atoms with Crippen LogP contribution in [0.1, 0.15) is 70.6 Å². The zero-order valence-electron chi connectivity index (χ0n) is 12.9. The molecule has 0 unspecified atom stereocenters. The maximum atomic E-state index is 12.7. The fourth-order valence-corrected chi connectivity index (χ4v) is 3.89. The lowest BCUT2D eigenvalue weighted by atomic mass is 9.78. The highest BCUT2D eigenvalue weighted by molar-refractivity contribution is 6.06. The first-order valence-electron chi connectivity index (χ1n) is 8.45. The Morgan fingerprint density at radius 3 is 2.33 bits per heavy atom. The molecule has 2 aliphatic rings. The molecule has 0 aromatic heterocycles. The molecule has 0 atom stereocenters. The number of hydrogen-bond acceptors (Lipinski definition) is 3. The van der Waals surface area contributed by atoms with E-state index in [2.05, 4.69) is 10.5 Å². The Bertz CT molecular complexity index is 368. The molecule has 0 aromatic rings. The summed E-state index contributed by atoms with van der Waals surface area (Å²) in [6, 6.07) is 0. The van der Waals surface area contributed by atoms with Crippen LogP contribution in [0.2, 0.25) is 0 Å². The number of nitrogens with two attached hydrogens (primary N) is 1. The van der Waals surface area contributed by atoms with E-state index < -0.39 is 5.41 Å². The minimum absolute atomic E-state index is 0.0438. The predicted octanol–water partition coefficient (Wildman–Crippen LogP) is 2.77. The van der Waals surface area contributed by atoms with E-state index in [0.29, 0.717) is 19.4 Å². The number of nitrogens with zero attached hydrogens (tertiary/aromatic N) is 1. The smallest absolute Gasteiger partial charge is 0.233 e. The van der Waals surface area contributed by atoms with Crippen molar-refractivity contribution in [3.05, 3.63) is 0 Å². The van der Waals surface area contributed by atoms with Crippen molar-refractivity contribution in [1.82, 2.24) is 5.32 Å². The standard InChI is InChI=1S/C16H29N3O2/c17-14(19-21)16(10-5-1-2-6-11-16)15(20)18-12-9-13-7-3-4-8-13/h13,21H,1-12H2,(H2,17,19)(H,18,20). The first-order valence-corrected chi connectivity index (χ1v) is 8.45. The van der Waals surface area contributed by atoms with Crippen molar-refractivity contribution in [2.45, 2.75) is 70.6 Å². The Hall–Kier alpha value is -1.26. The van der Waals surface area contributed by atoms with Gasteiger partial charge in [0.2, 0.25) is 5.91 Å². The second kappa shape index (κ2) is 7.66. The van der Waals surface area contributed by atoms with Crippen molar-refractivity contribution < 1.29 is 10.0 Å². The van der Waals surface area contributed by atoms with E-state index >= 15 is 0 Å². The molecule has 5 heteroatoms. The summed E-state index contributed by atoms with van der Waals surface area (Å²) in [6.07, 6.45) is 11.8. The number of carbonyl (C=O) groups excluding carboxylic acids is 1. The first kappa shape index (κ1) is 16.1. The maximum absolute atomic E-state index is 12.7. The number of rotatable bonds is 5. The highest BCUT2D eigenvalue weighted by Crippen LogP contribution is 2.36. The van der Waals surface area contributed by atoms with E-state index in [1.807, 2.05) is 0 Å². The van der Waals surface area contributed by atoms with Gasteiger partial charge in [0.1, 0.15) is 5.41 Å². The number of oxime groups is 1. The van der Waals surface area contributed by atoms with E-state index in [1.165, 1.54) is 25.7 Å². The third-order valence-electron chi connectivity index (χ3n) is 5.30. The fourth-order valence-electron chi connectivity index (χ4n) is 3.89. The summed E-state index contributed by atoms with van der Waals surface area (Å²) in [6.45, 7) is 0.712. The van der Waals surface area contributed by atoms with Crippen LogP contribution in [0.15, 0.2) is 5.16 Å². The molecule has 0 bridgehead atoms. The molecule has 2 rings (SSSR count). The van der Waals surface area contributed by atoms with Crippen molar-refractivity contribution >= 4 is 11.7 Å². The van der Waals surface area contributed by atoms with E-state index in [9.17, 15) is 4.79 Å². The van der Waals surface area contributed by atoms with Gasteiger partial charge in [-0.3, -0.25) is 4.79 Å². The summed E-state index contributed by atoms with van der Waals surface area (Å²) in [4.78, 5) is 12.7. The molecule has 2 fully saturated rings. The molecule has 0 radical (unpaired) electrons. The van der Waals surface area contributed by atoms with Crippen molar-refractivity contribution in [1.29, 1.82) is 0 Å². The topological polar surface area (TPSA) is 87.7 Å². The van der Waals surface area contributed by atoms with Gasteiger partial charge in [0.05, 0.1) is 0 Å². The van der Waals surface area contributed by atoms with Crippen LogP contribution < -0.4 is 11.1 Å². The Morgan fingerprint density at radius 1 is 1.14 bits per heavy atom. The molecule has 120 valence electrons. The fraction of sp³-hybridized carbons (Fsp3) is 0.875. The number of amides is 1. The lowest BCUT2D eigenvalue weighted by molar-refractivity contribution is -0.128. The SMILES string of the molecule is NC(=NO)C1(C(=O)NCCC2CCCC2)CCCCCC1. The van der Waals surface area contributed by atoms with Crippen molar-refractivity contribution in [2.75, 3.05) is 6.54 Å². The van der Waals surface area contributed by atoms with Gasteiger partial charge in [0.15, 0.2) is 5.84 Å². The van der Waals surface area contributed by atoms with Gasteiger partial charge < -0.3 is 16.3 Å². The second-order valence-electron chi connectivity index (χ2n) is 6.68. The van der Waals surface area contributed by atoms with Gasteiger partial charge in [0, 0.05) is 6.54 Å². The molecular formula is C16H29N3O2. The molecule has 0 aliphatic heterocycles. The zero-order valence-corrected chi connectivity index (χ0v) is 12.9. The molecule has 4 N–H and O–H groups in total. The van der Waals surface area contributed by atoms with Crippen molar-refractivity contribution in [2.24, 2.45) is 22.2 Å². The van der Waals surface area contributed by atoms with Crippen molar-refractivity contribution in [3.8, 4) is 0 Å². The molecule has 21 heavy (non-hydrogen) atoms. The third kappa shape index (κ3) is 3.89. The first-order chi connectivity index (χ1) is 10.2. The van der Waals surface area contributed by atoms with Gasteiger partial charge in [-0.2, -0.15) is 0 Å². The van der Waals surface area contributed by atoms with E-state index in [1.54, 1.807) is 0 Å². The largest absolute Gasteiger partial charge is 0.409 e. The number of nitrogens with one attached hydrogen (secondary N) is 1. The van der Waals surface area contributed by atoms with Crippen LogP contribution in [0.25, 0.3) is 0 Å². The van der Waals surface area contributed by atoms with Crippen LogP contribution in [-0.4, -0.2) is 23.5 Å².